The highest BCUT2D eigenvalue weighted by atomic mass is 16.3. The number of aromatic hydroxyl groups is 1. The fourth-order valence-electron chi connectivity index (χ4n) is 2.47. The van der Waals surface area contributed by atoms with Crippen molar-refractivity contribution in [1.82, 2.24) is 9.97 Å². The largest absolute Gasteiger partial charge is 0.507 e. The van der Waals surface area contributed by atoms with Crippen LogP contribution >= 0.6 is 0 Å². The van der Waals surface area contributed by atoms with E-state index < -0.39 is 0 Å². The molecule has 0 aliphatic rings. The van der Waals surface area contributed by atoms with Crippen LogP contribution in [0.15, 0.2) is 48.8 Å². The van der Waals surface area contributed by atoms with Crippen LogP contribution in [0.5, 0.6) is 5.75 Å². The highest BCUT2D eigenvalue weighted by Crippen LogP contribution is 2.40. The molecule has 0 radical (unpaired) electrons. The summed E-state index contributed by atoms with van der Waals surface area (Å²) in [4.78, 5) is 6.35. The second-order valence-electron chi connectivity index (χ2n) is 6.34. The van der Waals surface area contributed by atoms with Gasteiger partial charge >= 0.3 is 0 Å². The van der Waals surface area contributed by atoms with Crippen molar-refractivity contribution in [3.63, 3.8) is 0 Å². The van der Waals surface area contributed by atoms with Gasteiger partial charge in [0, 0.05) is 34.9 Å². The van der Waals surface area contributed by atoms with Crippen LogP contribution in [0.4, 0.5) is 0 Å². The molecular formula is C18H20N2O. The van der Waals surface area contributed by atoms with Crippen LogP contribution in [0, 0.1) is 0 Å². The number of hydrogen-bond donors (Lipinski definition) is 3. The monoisotopic (exact) mass is 280 g/mol. The van der Waals surface area contributed by atoms with Crippen LogP contribution in [-0.2, 0) is 5.41 Å². The Morgan fingerprint density at radius 3 is 1.67 bits per heavy atom. The van der Waals surface area contributed by atoms with Gasteiger partial charge in [0.25, 0.3) is 0 Å². The minimum absolute atomic E-state index is 0.0103. The van der Waals surface area contributed by atoms with Crippen molar-refractivity contribution in [2.45, 2.75) is 26.2 Å². The molecule has 0 aliphatic carbocycles. The van der Waals surface area contributed by atoms with Crippen molar-refractivity contribution in [3.8, 4) is 28.3 Å². The lowest BCUT2D eigenvalue weighted by Gasteiger charge is -2.22. The predicted octanol–water partition coefficient (Wildman–Crippen LogP) is 4.68. The lowest BCUT2D eigenvalue weighted by molar-refractivity contribution is 0.478. The molecule has 0 unspecified atom stereocenters. The number of phenolic OH excluding ortho intramolecular Hbond substituents is 1. The Hall–Kier alpha value is -2.42. The van der Waals surface area contributed by atoms with Crippen LogP contribution in [0.2, 0.25) is 0 Å². The fourth-order valence-corrected chi connectivity index (χ4v) is 2.47. The van der Waals surface area contributed by atoms with Crippen molar-refractivity contribution in [3.05, 3.63) is 54.4 Å². The zero-order chi connectivity index (χ0) is 15.0. The number of H-pyrrole nitrogens is 2. The number of nitrogens with one attached hydrogen (secondary N) is 2. The molecule has 1 aromatic carbocycles. The van der Waals surface area contributed by atoms with E-state index in [1.807, 2.05) is 36.7 Å². The highest BCUT2D eigenvalue weighted by molar-refractivity contribution is 5.80. The second-order valence-corrected chi connectivity index (χ2v) is 6.34. The molecule has 3 N–H and O–H groups in total. The zero-order valence-corrected chi connectivity index (χ0v) is 12.6. The number of aromatic amines is 2. The summed E-state index contributed by atoms with van der Waals surface area (Å²) in [6, 6.07) is 11.9. The molecule has 0 aliphatic heterocycles. The molecular weight excluding hydrogens is 260 g/mol. The van der Waals surface area contributed by atoms with Crippen LogP contribution in [0.25, 0.3) is 22.5 Å². The quantitative estimate of drug-likeness (QED) is 0.627. The smallest absolute Gasteiger partial charge is 0.134 e. The van der Waals surface area contributed by atoms with Gasteiger partial charge in [0.05, 0.1) is 0 Å². The van der Waals surface area contributed by atoms with E-state index in [9.17, 15) is 5.11 Å². The van der Waals surface area contributed by atoms with Gasteiger partial charge in [0.15, 0.2) is 0 Å². The number of rotatable bonds is 2. The van der Waals surface area contributed by atoms with Crippen molar-refractivity contribution in [2.24, 2.45) is 0 Å². The summed E-state index contributed by atoms with van der Waals surface area (Å²) in [5.41, 5.74) is 4.71. The SMILES string of the molecule is CC(C)(C)c1cc(-c2ccc[nH]2)c(O)c(-c2ccc[nH]2)c1. The molecule has 0 bridgehead atoms. The number of phenols is 1. The van der Waals surface area contributed by atoms with Gasteiger partial charge in [-0.25, -0.2) is 0 Å². The molecule has 3 aromatic rings. The van der Waals surface area contributed by atoms with E-state index in [0.717, 1.165) is 22.5 Å². The predicted molar refractivity (Wildman–Crippen MR) is 86.4 cm³/mol. The van der Waals surface area contributed by atoms with Gasteiger partial charge in [-0.2, -0.15) is 0 Å². The molecule has 0 atom stereocenters. The Labute approximate surface area is 124 Å². The summed E-state index contributed by atoms with van der Waals surface area (Å²) in [7, 11) is 0. The molecule has 2 heterocycles. The van der Waals surface area contributed by atoms with E-state index >= 15 is 0 Å². The summed E-state index contributed by atoms with van der Waals surface area (Å²) in [6.45, 7) is 6.53. The van der Waals surface area contributed by atoms with Gasteiger partial charge in [-0.1, -0.05) is 20.8 Å². The maximum Gasteiger partial charge on any atom is 0.134 e. The van der Waals surface area contributed by atoms with Crippen molar-refractivity contribution < 1.29 is 5.11 Å². The number of benzene rings is 1. The molecule has 3 rings (SSSR count). The Balaban J connectivity index is 2.28. The average Bonchev–Trinajstić information content (AvgIpc) is 3.11. The molecule has 2 aromatic heterocycles. The molecule has 108 valence electrons. The fraction of sp³-hybridized carbons (Fsp3) is 0.222. The maximum atomic E-state index is 10.7. The lowest BCUT2D eigenvalue weighted by Crippen LogP contribution is -2.11. The van der Waals surface area contributed by atoms with Gasteiger partial charge in [-0.05, 0) is 47.4 Å². The van der Waals surface area contributed by atoms with E-state index in [2.05, 4.69) is 42.9 Å². The first-order valence-electron chi connectivity index (χ1n) is 7.12. The first kappa shape index (κ1) is 13.6. The van der Waals surface area contributed by atoms with E-state index in [0.29, 0.717) is 5.75 Å². The van der Waals surface area contributed by atoms with Crippen LogP contribution in [-0.4, -0.2) is 15.1 Å². The molecule has 21 heavy (non-hydrogen) atoms. The van der Waals surface area contributed by atoms with Crippen molar-refractivity contribution in [1.29, 1.82) is 0 Å². The Morgan fingerprint density at radius 2 is 1.33 bits per heavy atom. The van der Waals surface area contributed by atoms with E-state index in [-0.39, 0.29) is 5.41 Å². The normalized spacial score (nSPS) is 11.8. The molecule has 0 amide bonds. The molecule has 0 saturated heterocycles. The van der Waals surface area contributed by atoms with Gasteiger partial charge in [0.1, 0.15) is 5.75 Å². The van der Waals surface area contributed by atoms with Crippen molar-refractivity contribution >= 4 is 0 Å². The lowest BCUT2D eigenvalue weighted by atomic mass is 9.84. The third kappa shape index (κ3) is 2.47. The summed E-state index contributed by atoms with van der Waals surface area (Å²) < 4.78 is 0. The second kappa shape index (κ2) is 4.85. The molecule has 0 spiro atoms. The minimum atomic E-state index is 0.0103. The Bertz CT molecular complexity index is 677. The van der Waals surface area contributed by atoms with Gasteiger partial charge < -0.3 is 15.1 Å². The summed E-state index contributed by atoms with van der Waals surface area (Å²) in [5, 5.41) is 10.7. The average molecular weight is 280 g/mol. The van der Waals surface area contributed by atoms with Crippen LogP contribution in [0.1, 0.15) is 26.3 Å². The summed E-state index contributed by atoms with van der Waals surface area (Å²) in [5.74, 6) is 0.299. The first-order chi connectivity index (χ1) is 9.97. The molecule has 3 nitrogen and oxygen atoms in total. The van der Waals surface area contributed by atoms with Crippen LogP contribution < -0.4 is 0 Å². The number of aromatic nitrogens is 2. The van der Waals surface area contributed by atoms with E-state index in [1.54, 1.807) is 0 Å². The first-order valence-corrected chi connectivity index (χ1v) is 7.12. The Morgan fingerprint density at radius 1 is 0.857 bits per heavy atom. The van der Waals surface area contributed by atoms with Gasteiger partial charge in [-0.15, -0.1) is 0 Å². The van der Waals surface area contributed by atoms with E-state index in [4.69, 9.17) is 0 Å². The molecule has 0 fully saturated rings. The van der Waals surface area contributed by atoms with Crippen molar-refractivity contribution in [2.75, 3.05) is 0 Å². The van der Waals surface area contributed by atoms with Gasteiger partial charge in [0.2, 0.25) is 0 Å². The highest BCUT2D eigenvalue weighted by Gasteiger charge is 2.20. The minimum Gasteiger partial charge on any atom is -0.507 e. The summed E-state index contributed by atoms with van der Waals surface area (Å²) >= 11 is 0. The maximum absolute atomic E-state index is 10.7. The third-order valence-electron chi connectivity index (χ3n) is 3.75. The molecule has 3 heteroatoms. The molecule has 0 saturated carbocycles. The summed E-state index contributed by atoms with van der Waals surface area (Å²) in [6.07, 6.45) is 3.74. The van der Waals surface area contributed by atoms with Crippen LogP contribution in [0.3, 0.4) is 0 Å². The van der Waals surface area contributed by atoms with Gasteiger partial charge in [-0.3, -0.25) is 0 Å². The Kier molecular flexibility index (Phi) is 3.13. The van der Waals surface area contributed by atoms with E-state index in [1.165, 1.54) is 5.56 Å². The standard InChI is InChI=1S/C18H20N2O/c1-18(2,3)12-10-13(15-6-4-8-19-15)17(21)14(11-12)16-7-5-9-20-16/h4-11,19-21H,1-3H3. The third-order valence-corrected chi connectivity index (χ3v) is 3.75. The topological polar surface area (TPSA) is 51.8 Å². The zero-order valence-electron chi connectivity index (χ0n) is 12.6. The number of hydrogen-bond acceptors (Lipinski definition) is 1.